The first-order valence-electron chi connectivity index (χ1n) is 8.20. The van der Waals surface area contributed by atoms with Crippen molar-refractivity contribution in [2.45, 2.75) is 72.1 Å². The topological polar surface area (TPSA) is 20.2 Å². The number of aliphatic hydroxyl groups is 1. The van der Waals surface area contributed by atoms with Crippen LogP contribution in [0.25, 0.3) is 0 Å². The van der Waals surface area contributed by atoms with Gasteiger partial charge in [0.15, 0.2) is 0 Å². The Labute approximate surface area is 131 Å². The molecule has 0 radical (unpaired) electrons. The molecule has 0 rings (SSSR count). The van der Waals surface area contributed by atoms with E-state index in [-0.39, 0.29) is 17.0 Å². The second-order valence-electron chi connectivity index (χ2n) is 5.62. The molecule has 0 aliphatic carbocycles. The summed E-state index contributed by atoms with van der Waals surface area (Å²) >= 11 is 0. The Morgan fingerprint density at radius 1 is 0.684 bits per heavy atom. The van der Waals surface area contributed by atoms with Gasteiger partial charge in [-0.25, -0.2) is 0 Å². The summed E-state index contributed by atoms with van der Waals surface area (Å²) in [5.74, 6) is 0. The summed E-state index contributed by atoms with van der Waals surface area (Å²) in [5.41, 5.74) is 0. The van der Waals surface area contributed by atoms with E-state index in [9.17, 15) is 5.11 Å². The Morgan fingerprint density at radius 3 is 1.58 bits per heavy atom. The van der Waals surface area contributed by atoms with Crippen LogP contribution in [0.4, 0.5) is 0 Å². The van der Waals surface area contributed by atoms with Gasteiger partial charge < -0.3 is 26.6 Å². The number of aliphatic hydroxyl groups excluding tert-OH is 1. The molecule has 118 valence electrons. The number of hydrogen-bond donors (Lipinski definition) is 1. The van der Waals surface area contributed by atoms with Crippen LogP contribution in [0, 0.1) is 0 Å². The van der Waals surface area contributed by atoms with Gasteiger partial charge in [0.05, 0.1) is 26.2 Å². The highest BCUT2D eigenvalue weighted by Crippen LogP contribution is 2.12. The number of rotatable bonds is 13. The van der Waals surface area contributed by atoms with Crippen molar-refractivity contribution in [3.8, 4) is 0 Å². The van der Waals surface area contributed by atoms with Crippen molar-refractivity contribution in [1.82, 2.24) is 0 Å². The van der Waals surface area contributed by atoms with E-state index in [2.05, 4.69) is 20.8 Å². The SMILES string of the molecule is CCCCCCCCCC[N+](CC)(CC)CCO.[Br-]. The summed E-state index contributed by atoms with van der Waals surface area (Å²) in [6.45, 7) is 11.6. The van der Waals surface area contributed by atoms with Gasteiger partial charge in [-0.1, -0.05) is 45.4 Å². The minimum absolute atomic E-state index is 0. The summed E-state index contributed by atoms with van der Waals surface area (Å²) in [4.78, 5) is 0. The summed E-state index contributed by atoms with van der Waals surface area (Å²) in [5, 5.41) is 9.17. The van der Waals surface area contributed by atoms with E-state index >= 15 is 0 Å². The van der Waals surface area contributed by atoms with Gasteiger partial charge in [-0.2, -0.15) is 0 Å². The highest BCUT2D eigenvalue weighted by molar-refractivity contribution is 4.48. The van der Waals surface area contributed by atoms with Gasteiger partial charge in [0, 0.05) is 0 Å². The molecule has 0 aromatic heterocycles. The molecule has 3 heteroatoms. The fourth-order valence-corrected chi connectivity index (χ4v) is 2.76. The van der Waals surface area contributed by atoms with Crippen LogP contribution in [0.1, 0.15) is 72.1 Å². The lowest BCUT2D eigenvalue weighted by Crippen LogP contribution is -3.00. The van der Waals surface area contributed by atoms with Crippen LogP contribution in [0.3, 0.4) is 0 Å². The Morgan fingerprint density at radius 2 is 1.16 bits per heavy atom. The maximum atomic E-state index is 9.17. The zero-order valence-corrected chi connectivity index (χ0v) is 15.1. The van der Waals surface area contributed by atoms with Crippen molar-refractivity contribution < 1.29 is 26.6 Å². The monoisotopic (exact) mass is 337 g/mol. The Balaban J connectivity index is 0. The summed E-state index contributed by atoms with van der Waals surface area (Å²) in [6.07, 6.45) is 11.1. The van der Waals surface area contributed by atoms with Crippen LogP contribution in [0.5, 0.6) is 0 Å². The van der Waals surface area contributed by atoms with E-state index < -0.39 is 0 Å². The number of nitrogens with zero attached hydrogens (tertiary/aromatic N) is 1. The molecule has 19 heavy (non-hydrogen) atoms. The number of unbranched alkanes of at least 4 members (excludes halogenated alkanes) is 7. The normalized spacial score (nSPS) is 11.4. The molecule has 0 fully saturated rings. The number of likely N-dealkylation sites (N-methyl/N-ethyl adjacent to an activating group) is 1. The van der Waals surface area contributed by atoms with Gasteiger partial charge in [0.25, 0.3) is 0 Å². The van der Waals surface area contributed by atoms with Gasteiger partial charge >= 0.3 is 0 Å². The van der Waals surface area contributed by atoms with Crippen LogP contribution in [-0.2, 0) is 0 Å². The first-order chi connectivity index (χ1) is 8.74. The van der Waals surface area contributed by atoms with Crippen LogP contribution >= 0.6 is 0 Å². The molecule has 0 aromatic rings. The van der Waals surface area contributed by atoms with Crippen LogP contribution in [-0.4, -0.2) is 42.4 Å². The lowest BCUT2D eigenvalue weighted by atomic mass is 10.1. The van der Waals surface area contributed by atoms with Gasteiger partial charge in [-0.05, 0) is 26.7 Å². The maximum absolute atomic E-state index is 9.17. The molecule has 2 nitrogen and oxygen atoms in total. The maximum Gasteiger partial charge on any atom is 0.102 e. The number of hydrogen-bond acceptors (Lipinski definition) is 1. The molecule has 0 aliphatic heterocycles. The van der Waals surface area contributed by atoms with Gasteiger partial charge in [-0.15, -0.1) is 0 Å². The van der Waals surface area contributed by atoms with E-state index in [1.807, 2.05) is 0 Å². The lowest BCUT2D eigenvalue weighted by Gasteiger charge is -2.36. The lowest BCUT2D eigenvalue weighted by molar-refractivity contribution is -0.925. The molecule has 0 atom stereocenters. The van der Waals surface area contributed by atoms with E-state index in [0.29, 0.717) is 6.61 Å². The van der Waals surface area contributed by atoms with Crippen molar-refractivity contribution in [3.05, 3.63) is 0 Å². The summed E-state index contributed by atoms with van der Waals surface area (Å²) in [6, 6.07) is 0. The van der Waals surface area contributed by atoms with Crippen molar-refractivity contribution >= 4 is 0 Å². The minimum Gasteiger partial charge on any atom is -1.00 e. The number of quaternary nitrogens is 1. The van der Waals surface area contributed by atoms with E-state index in [0.717, 1.165) is 24.1 Å². The smallest absolute Gasteiger partial charge is 0.102 e. The van der Waals surface area contributed by atoms with Crippen LogP contribution in [0.15, 0.2) is 0 Å². The van der Waals surface area contributed by atoms with Crippen molar-refractivity contribution in [2.24, 2.45) is 0 Å². The minimum atomic E-state index is 0. The fourth-order valence-electron chi connectivity index (χ4n) is 2.76. The first kappa shape index (κ1) is 21.7. The Bertz CT molecular complexity index is 172. The molecule has 0 aliphatic rings. The summed E-state index contributed by atoms with van der Waals surface area (Å²) < 4.78 is 1.10. The van der Waals surface area contributed by atoms with Gasteiger partial charge in [-0.3, -0.25) is 0 Å². The Hall–Kier alpha value is 0.400. The third-order valence-electron chi connectivity index (χ3n) is 4.40. The molecule has 1 N–H and O–H groups in total. The fraction of sp³-hybridized carbons (Fsp3) is 1.00. The third kappa shape index (κ3) is 10.8. The molecule has 0 bridgehead atoms. The van der Waals surface area contributed by atoms with E-state index in [1.165, 1.54) is 57.9 Å². The average Bonchev–Trinajstić information content (AvgIpc) is 2.40. The molecule has 0 heterocycles. The zero-order valence-electron chi connectivity index (χ0n) is 13.5. The predicted octanol–water partition coefficient (Wildman–Crippen LogP) is 0.980. The van der Waals surface area contributed by atoms with Crippen LogP contribution < -0.4 is 17.0 Å². The predicted molar refractivity (Wildman–Crippen MR) is 80.8 cm³/mol. The molecule has 0 saturated carbocycles. The Kier molecular flexibility index (Phi) is 16.9. The highest BCUT2D eigenvalue weighted by atomic mass is 79.9. The van der Waals surface area contributed by atoms with Gasteiger partial charge in [0.1, 0.15) is 6.54 Å². The second-order valence-corrected chi connectivity index (χ2v) is 5.62. The molecule has 0 amide bonds. The van der Waals surface area contributed by atoms with Gasteiger partial charge in [0.2, 0.25) is 0 Å². The summed E-state index contributed by atoms with van der Waals surface area (Å²) in [7, 11) is 0. The van der Waals surface area contributed by atoms with Crippen LogP contribution in [0.2, 0.25) is 0 Å². The number of halogens is 1. The average molecular weight is 338 g/mol. The molecular formula is C16H36BrNO. The molecule has 0 unspecified atom stereocenters. The zero-order chi connectivity index (χ0) is 13.7. The third-order valence-corrected chi connectivity index (χ3v) is 4.40. The first-order valence-corrected chi connectivity index (χ1v) is 8.20. The van der Waals surface area contributed by atoms with Crippen molar-refractivity contribution in [1.29, 1.82) is 0 Å². The standard InChI is InChI=1S/C16H36NO.BrH/c1-4-7-8-9-10-11-12-13-14-17(5-2,6-3)15-16-18;/h18H,4-16H2,1-3H3;1H/q+1;/p-1. The molecule has 0 saturated heterocycles. The largest absolute Gasteiger partial charge is 1.00 e. The van der Waals surface area contributed by atoms with Crippen molar-refractivity contribution in [3.63, 3.8) is 0 Å². The molecule has 0 aromatic carbocycles. The molecule has 0 spiro atoms. The van der Waals surface area contributed by atoms with E-state index in [1.54, 1.807) is 0 Å². The quantitative estimate of drug-likeness (QED) is 0.392. The van der Waals surface area contributed by atoms with Crippen molar-refractivity contribution in [2.75, 3.05) is 32.8 Å². The highest BCUT2D eigenvalue weighted by Gasteiger charge is 2.21. The molecular weight excluding hydrogens is 302 g/mol. The van der Waals surface area contributed by atoms with E-state index in [4.69, 9.17) is 0 Å². The second kappa shape index (κ2) is 14.8.